The maximum atomic E-state index is 12.0. The van der Waals surface area contributed by atoms with Gasteiger partial charge in [-0.05, 0) is 66.6 Å². The number of aryl methyl sites for hydroxylation is 1. The van der Waals surface area contributed by atoms with Crippen LogP contribution in [0.3, 0.4) is 0 Å². The van der Waals surface area contributed by atoms with Crippen LogP contribution in [-0.2, 0) is 6.61 Å². The molecule has 0 heterocycles. The Morgan fingerprint density at radius 2 is 1.81 bits per heavy atom. The van der Waals surface area contributed by atoms with Crippen molar-refractivity contribution in [3.05, 3.63) is 100 Å². The van der Waals surface area contributed by atoms with E-state index >= 15 is 0 Å². The molecule has 136 valence electrons. The van der Waals surface area contributed by atoms with Gasteiger partial charge >= 0.3 is 0 Å². The van der Waals surface area contributed by atoms with Gasteiger partial charge in [0.2, 0.25) is 0 Å². The third-order valence-corrected chi connectivity index (χ3v) is 4.11. The molecule has 0 fully saturated rings. The van der Waals surface area contributed by atoms with E-state index in [1.54, 1.807) is 12.3 Å². The number of ether oxygens (including phenoxy) is 1. The number of benzene rings is 3. The van der Waals surface area contributed by atoms with Crippen LogP contribution in [-0.4, -0.2) is 12.1 Å². The molecular weight excluding hydrogens is 360 g/mol. The second-order valence-corrected chi connectivity index (χ2v) is 6.49. The number of halogens is 1. The molecule has 27 heavy (non-hydrogen) atoms. The number of rotatable bonds is 6. The maximum Gasteiger partial charge on any atom is 0.271 e. The molecule has 0 saturated heterocycles. The highest BCUT2D eigenvalue weighted by Gasteiger charge is 2.03. The Kier molecular flexibility index (Phi) is 6.23. The van der Waals surface area contributed by atoms with Gasteiger partial charge in [-0.3, -0.25) is 4.79 Å². The molecule has 0 bridgehead atoms. The number of nitrogens with zero attached hydrogens (tertiary/aromatic N) is 1. The number of hydrogen-bond donors (Lipinski definition) is 1. The van der Waals surface area contributed by atoms with E-state index in [0.29, 0.717) is 17.2 Å². The number of hydrogen-bond acceptors (Lipinski definition) is 3. The minimum Gasteiger partial charge on any atom is -0.489 e. The quantitative estimate of drug-likeness (QED) is 0.485. The summed E-state index contributed by atoms with van der Waals surface area (Å²) < 4.78 is 5.74. The highest BCUT2D eigenvalue weighted by Crippen LogP contribution is 2.15. The lowest BCUT2D eigenvalue weighted by Gasteiger charge is -2.06. The summed E-state index contributed by atoms with van der Waals surface area (Å²) in [5.74, 6) is 0.517. The van der Waals surface area contributed by atoms with Gasteiger partial charge in [-0.2, -0.15) is 5.10 Å². The van der Waals surface area contributed by atoms with Crippen LogP contribution in [0.5, 0.6) is 5.75 Å². The maximum absolute atomic E-state index is 12.0. The van der Waals surface area contributed by atoms with Crippen molar-refractivity contribution in [2.45, 2.75) is 13.5 Å². The van der Waals surface area contributed by atoms with Crippen molar-refractivity contribution in [1.29, 1.82) is 0 Å². The largest absolute Gasteiger partial charge is 0.489 e. The molecule has 5 heteroatoms. The van der Waals surface area contributed by atoms with Crippen LogP contribution in [0.1, 0.15) is 27.0 Å². The number of hydrazone groups is 1. The van der Waals surface area contributed by atoms with Crippen LogP contribution >= 0.6 is 11.6 Å². The van der Waals surface area contributed by atoms with E-state index in [4.69, 9.17) is 16.3 Å². The number of amides is 1. The third-order valence-electron chi connectivity index (χ3n) is 3.86. The average molecular weight is 379 g/mol. The second kappa shape index (κ2) is 9.01. The molecule has 3 rings (SSSR count). The first kappa shape index (κ1) is 18.7. The molecular formula is C22H19ClN2O2. The predicted octanol–water partition coefficient (Wildman–Crippen LogP) is 4.99. The van der Waals surface area contributed by atoms with Crippen LogP contribution in [0.2, 0.25) is 5.02 Å². The Labute approximate surface area is 163 Å². The van der Waals surface area contributed by atoms with Crippen molar-refractivity contribution in [2.24, 2.45) is 5.10 Å². The molecule has 0 aliphatic carbocycles. The van der Waals surface area contributed by atoms with E-state index in [-0.39, 0.29) is 5.91 Å². The highest BCUT2D eigenvalue weighted by atomic mass is 35.5. The smallest absolute Gasteiger partial charge is 0.271 e. The van der Waals surface area contributed by atoms with E-state index in [9.17, 15) is 4.79 Å². The second-order valence-electron chi connectivity index (χ2n) is 6.05. The molecule has 0 unspecified atom stereocenters. The molecule has 0 spiro atoms. The molecule has 0 aliphatic rings. The molecule has 1 amide bonds. The van der Waals surface area contributed by atoms with Crippen LogP contribution in [0.4, 0.5) is 0 Å². The standard InChI is InChI=1S/C22H19ClN2O2/c1-16-3-2-4-19(13-16)22(26)25-24-14-17-7-11-21(12-8-17)27-15-18-5-9-20(23)10-6-18/h2-14H,15H2,1H3,(H,25,26)/b24-14+. The molecule has 0 saturated carbocycles. The third kappa shape index (κ3) is 5.69. The Balaban J connectivity index is 1.51. The van der Waals surface area contributed by atoms with Crippen molar-refractivity contribution < 1.29 is 9.53 Å². The van der Waals surface area contributed by atoms with Crippen molar-refractivity contribution in [1.82, 2.24) is 5.43 Å². The first-order valence-corrected chi connectivity index (χ1v) is 8.85. The summed E-state index contributed by atoms with van der Waals surface area (Å²) in [7, 11) is 0. The monoisotopic (exact) mass is 378 g/mol. The molecule has 3 aromatic rings. The van der Waals surface area contributed by atoms with Crippen molar-refractivity contribution in [3.8, 4) is 5.75 Å². The lowest BCUT2D eigenvalue weighted by molar-refractivity contribution is 0.0955. The summed E-state index contributed by atoms with van der Waals surface area (Å²) in [5, 5.41) is 4.71. The highest BCUT2D eigenvalue weighted by molar-refractivity contribution is 6.30. The van der Waals surface area contributed by atoms with E-state index in [1.165, 1.54) is 0 Å². The van der Waals surface area contributed by atoms with Crippen molar-refractivity contribution in [2.75, 3.05) is 0 Å². The SMILES string of the molecule is Cc1cccc(C(=O)N/N=C/c2ccc(OCc3ccc(Cl)cc3)cc2)c1. The number of carbonyl (C=O) groups excluding carboxylic acids is 1. The van der Waals surface area contributed by atoms with E-state index in [0.717, 1.165) is 22.4 Å². The molecule has 0 atom stereocenters. The molecule has 3 aromatic carbocycles. The Bertz CT molecular complexity index is 935. The minimum atomic E-state index is -0.238. The molecule has 0 aliphatic heterocycles. The lowest BCUT2D eigenvalue weighted by atomic mass is 10.1. The molecule has 4 nitrogen and oxygen atoms in total. The number of nitrogens with one attached hydrogen (secondary N) is 1. The zero-order chi connectivity index (χ0) is 19.1. The first-order chi connectivity index (χ1) is 13.1. The average Bonchev–Trinajstić information content (AvgIpc) is 2.68. The van der Waals surface area contributed by atoms with Gasteiger partial charge in [-0.25, -0.2) is 5.43 Å². The number of carbonyl (C=O) groups is 1. The minimum absolute atomic E-state index is 0.238. The fraction of sp³-hybridized carbons (Fsp3) is 0.0909. The molecule has 0 aromatic heterocycles. The van der Waals surface area contributed by atoms with E-state index in [2.05, 4.69) is 10.5 Å². The summed E-state index contributed by atoms with van der Waals surface area (Å²) in [4.78, 5) is 12.0. The van der Waals surface area contributed by atoms with Gasteiger partial charge in [0.25, 0.3) is 5.91 Å². The summed E-state index contributed by atoms with van der Waals surface area (Å²) in [6.07, 6.45) is 1.59. The predicted molar refractivity (Wildman–Crippen MR) is 108 cm³/mol. The van der Waals surface area contributed by atoms with Crippen LogP contribution in [0.15, 0.2) is 77.9 Å². The zero-order valence-electron chi connectivity index (χ0n) is 14.9. The van der Waals surface area contributed by atoms with Crippen LogP contribution in [0.25, 0.3) is 0 Å². The summed E-state index contributed by atoms with van der Waals surface area (Å²) in [6, 6.07) is 22.4. The van der Waals surface area contributed by atoms with Gasteiger partial charge in [0.1, 0.15) is 12.4 Å². The van der Waals surface area contributed by atoms with Gasteiger partial charge in [-0.1, -0.05) is 41.4 Å². The van der Waals surface area contributed by atoms with Gasteiger partial charge in [0, 0.05) is 10.6 Å². The van der Waals surface area contributed by atoms with Gasteiger partial charge < -0.3 is 4.74 Å². The van der Waals surface area contributed by atoms with E-state index in [1.807, 2.05) is 73.7 Å². The fourth-order valence-electron chi connectivity index (χ4n) is 2.41. The summed E-state index contributed by atoms with van der Waals surface area (Å²) in [6.45, 7) is 2.41. The Morgan fingerprint density at radius 3 is 2.52 bits per heavy atom. The van der Waals surface area contributed by atoms with Crippen molar-refractivity contribution in [3.63, 3.8) is 0 Å². The summed E-state index contributed by atoms with van der Waals surface area (Å²) >= 11 is 5.87. The normalized spacial score (nSPS) is 10.7. The summed E-state index contributed by atoms with van der Waals surface area (Å²) in [5.41, 5.74) is 6.04. The Morgan fingerprint density at radius 1 is 1.07 bits per heavy atom. The van der Waals surface area contributed by atoms with Crippen molar-refractivity contribution >= 4 is 23.7 Å². The van der Waals surface area contributed by atoms with Crippen LogP contribution < -0.4 is 10.2 Å². The molecule has 1 N–H and O–H groups in total. The van der Waals surface area contributed by atoms with E-state index < -0.39 is 0 Å². The lowest BCUT2D eigenvalue weighted by Crippen LogP contribution is -2.17. The van der Waals surface area contributed by atoms with Gasteiger partial charge in [0.15, 0.2) is 0 Å². The zero-order valence-corrected chi connectivity index (χ0v) is 15.6. The first-order valence-electron chi connectivity index (χ1n) is 8.47. The fourth-order valence-corrected chi connectivity index (χ4v) is 2.54. The topological polar surface area (TPSA) is 50.7 Å². The van der Waals surface area contributed by atoms with Gasteiger partial charge in [0.05, 0.1) is 6.21 Å². The van der Waals surface area contributed by atoms with Crippen LogP contribution in [0, 0.1) is 6.92 Å². The molecule has 0 radical (unpaired) electrons. The van der Waals surface area contributed by atoms with Gasteiger partial charge in [-0.15, -0.1) is 0 Å². The Hall–Kier alpha value is -3.11.